The molecule has 0 atom stereocenters. The molecule has 2 N–H and O–H groups in total. The molecule has 4 nitrogen and oxygen atoms in total. The number of nitriles is 1. The lowest BCUT2D eigenvalue weighted by atomic mass is 10.1. The molecule has 0 heterocycles. The van der Waals surface area contributed by atoms with Crippen molar-refractivity contribution in [2.75, 3.05) is 5.32 Å². The standard InChI is InChI=1S/C16H9BrCl2N2O2/c17-11-2-1-3-12(7-11)21-16(23)10(8-20)4-9-5-13(18)15(22)14(19)6-9/h1-7,22H,(H,21,23)/b10-4-. The second kappa shape index (κ2) is 7.51. The van der Waals surface area contributed by atoms with Crippen molar-refractivity contribution >= 4 is 56.8 Å². The van der Waals surface area contributed by atoms with Crippen LogP contribution < -0.4 is 5.32 Å². The Morgan fingerprint density at radius 3 is 2.48 bits per heavy atom. The number of nitrogens with one attached hydrogen (secondary N) is 1. The van der Waals surface area contributed by atoms with Crippen molar-refractivity contribution in [2.45, 2.75) is 0 Å². The molecule has 0 spiro atoms. The summed E-state index contributed by atoms with van der Waals surface area (Å²) >= 11 is 14.9. The van der Waals surface area contributed by atoms with Crippen LogP contribution in [0.4, 0.5) is 5.69 Å². The van der Waals surface area contributed by atoms with Gasteiger partial charge >= 0.3 is 0 Å². The van der Waals surface area contributed by atoms with E-state index in [4.69, 9.17) is 23.2 Å². The third-order valence-corrected chi connectivity index (χ3v) is 3.87. The summed E-state index contributed by atoms with van der Waals surface area (Å²) in [5, 5.41) is 21.4. The number of phenols is 1. The molecule has 0 bridgehead atoms. The first-order chi connectivity index (χ1) is 10.9. The lowest BCUT2D eigenvalue weighted by molar-refractivity contribution is -0.112. The zero-order chi connectivity index (χ0) is 17.0. The Morgan fingerprint density at radius 1 is 1.26 bits per heavy atom. The molecule has 0 radical (unpaired) electrons. The fourth-order valence-corrected chi connectivity index (χ4v) is 2.65. The van der Waals surface area contributed by atoms with E-state index in [-0.39, 0.29) is 21.4 Å². The quantitative estimate of drug-likeness (QED) is 0.550. The van der Waals surface area contributed by atoms with Gasteiger partial charge in [0.05, 0.1) is 10.0 Å². The largest absolute Gasteiger partial charge is 0.505 e. The molecule has 0 aromatic heterocycles. The fraction of sp³-hybridized carbons (Fsp3) is 0. The van der Waals surface area contributed by atoms with Gasteiger partial charge in [-0.1, -0.05) is 45.2 Å². The molecule has 0 fully saturated rings. The fourth-order valence-electron chi connectivity index (χ4n) is 1.75. The summed E-state index contributed by atoms with van der Waals surface area (Å²) in [5.74, 6) is -0.812. The Balaban J connectivity index is 2.28. The molecular formula is C16H9BrCl2N2O2. The number of rotatable bonds is 3. The van der Waals surface area contributed by atoms with E-state index in [0.29, 0.717) is 11.3 Å². The van der Waals surface area contributed by atoms with Crippen molar-refractivity contribution < 1.29 is 9.90 Å². The Morgan fingerprint density at radius 2 is 1.91 bits per heavy atom. The first-order valence-electron chi connectivity index (χ1n) is 6.27. The average molecular weight is 412 g/mol. The number of nitrogens with zero attached hydrogens (tertiary/aromatic N) is 1. The maximum absolute atomic E-state index is 12.2. The van der Waals surface area contributed by atoms with Gasteiger partial charge in [0.25, 0.3) is 5.91 Å². The lowest BCUT2D eigenvalue weighted by Crippen LogP contribution is -2.13. The number of benzene rings is 2. The number of hydrogen-bond donors (Lipinski definition) is 2. The van der Waals surface area contributed by atoms with Gasteiger partial charge in [-0.15, -0.1) is 0 Å². The maximum atomic E-state index is 12.2. The Hall–Kier alpha value is -2.00. The summed E-state index contributed by atoms with van der Waals surface area (Å²) < 4.78 is 0.801. The molecule has 2 aromatic carbocycles. The molecule has 2 rings (SSSR count). The minimum atomic E-state index is -0.564. The summed E-state index contributed by atoms with van der Waals surface area (Å²) in [4.78, 5) is 12.2. The van der Waals surface area contributed by atoms with E-state index >= 15 is 0 Å². The number of anilines is 1. The van der Waals surface area contributed by atoms with Gasteiger partial charge in [-0.3, -0.25) is 4.79 Å². The molecule has 0 saturated heterocycles. The highest BCUT2D eigenvalue weighted by Gasteiger charge is 2.11. The highest BCUT2D eigenvalue weighted by atomic mass is 79.9. The van der Waals surface area contributed by atoms with Gasteiger partial charge in [-0.2, -0.15) is 5.26 Å². The summed E-state index contributed by atoms with van der Waals surface area (Å²) in [6.45, 7) is 0. The van der Waals surface area contributed by atoms with Gasteiger partial charge in [0, 0.05) is 10.2 Å². The number of aromatic hydroxyl groups is 1. The molecule has 1 amide bonds. The number of halogens is 3. The van der Waals surface area contributed by atoms with Crippen molar-refractivity contribution in [3.63, 3.8) is 0 Å². The van der Waals surface area contributed by atoms with E-state index in [2.05, 4.69) is 21.2 Å². The predicted molar refractivity (Wildman–Crippen MR) is 94.5 cm³/mol. The van der Waals surface area contributed by atoms with Crippen LogP contribution in [0.1, 0.15) is 5.56 Å². The van der Waals surface area contributed by atoms with Gasteiger partial charge in [0.15, 0.2) is 5.75 Å². The lowest BCUT2D eigenvalue weighted by Gasteiger charge is -2.05. The van der Waals surface area contributed by atoms with E-state index in [0.717, 1.165) is 4.47 Å². The van der Waals surface area contributed by atoms with Crippen molar-refractivity contribution in [2.24, 2.45) is 0 Å². The molecular weight excluding hydrogens is 403 g/mol. The highest BCUT2D eigenvalue weighted by molar-refractivity contribution is 9.10. The van der Waals surface area contributed by atoms with Crippen LogP contribution in [-0.2, 0) is 4.79 Å². The van der Waals surface area contributed by atoms with Crippen LogP contribution in [0, 0.1) is 11.3 Å². The minimum absolute atomic E-state index is 0.0356. The van der Waals surface area contributed by atoms with Gasteiger partial charge in [-0.25, -0.2) is 0 Å². The molecule has 0 aliphatic rings. The zero-order valence-corrected chi connectivity index (χ0v) is 14.6. The summed E-state index contributed by atoms with van der Waals surface area (Å²) in [6.07, 6.45) is 1.34. The Bertz CT molecular complexity index is 821. The smallest absolute Gasteiger partial charge is 0.266 e. The minimum Gasteiger partial charge on any atom is -0.505 e. The number of phenolic OH excluding ortho intramolecular Hbond substituents is 1. The third-order valence-electron chi connectivity index (χ3n) is 2.80. The van der Waals surface area contributed by atoms with E-state index in [9.17, 15) is 15.2 Å². The molecule has 116 valence electrons. The molecule has 23 heavy (non-hydrogen) atoms. The highest BCUT2D eigenvalue weighted by Crippen LogP contribution is 2.33. The van der Waals surface area contributed by atoms with Crippen LogP contribution in [0.3, 0.4) is 0 Å². The van der Waals surface area contributed by atoms with Gasteiger partial charge in [0.1, 0.15) is 11.6 Å². The van der Waals surface area contributed by atoms with Crippen LogP contribution in [0.5, 0.6) is 5.75 Å². The van der Waals surface area contributed by atoms with Crippen LogP contribution in [0.2, 0.25) is 10.0 Å². The van der Waals surface area contributed by atoms with Crippen molar-refractivity contribution in [1.82, 2.24) is 0 Å². The van der Waals surface area contributed by atoms with Gasteiger partial charge < -0.3 is 10.4 Å². The first kappa shape index (κ1) is 17.4. The topological polar surface area (TPSA) is 73.1 Å². The van der Waals surface area contributed by atoms with Crippen LogP contribution >= 0.6 is 39.1 Å². The summed E-state index contributed by atoms with van der Waals surface area (Å²) in [7, 11) is 0. The molecule has 0 aliphatic heterocycles. The molecule has 0 saturated carbocycles. The van der Waals surface area contributed by atoms with Crippen LogP contribution in [0.25, 0.3) is 6.08 Å². The molecule has 0 aliphatic carbocycles. The van der Waals surface area contributed by atoms with Crippen molar-refractivity contribution in [3.8, 4) is 11.8 Å². The number of amides is 1. The van der Waals surface area contributed by atoms with Gasteiger partial charge in [0.2, 0.25) is 0 Å². The number of carbonyl (C=O) groups excluding carboxylic acids is 1. The first-order valence-corrected chi connectivity index (χ1v) is 7.82. The predicted octanol–water partition coefficient (Wildman–Crippen LogP) is 5.01. The average Bonchev–Trinajstić information content (AvgIpc) is 2.50. The Kier molecular flexibility index (Phi) is 5.67. The van der Waals surface area contributed by atoms with Crippen molar-refractivity contribution in [1.29, 1.82) is 5.26 Å². The van der Waals surface area contributed by atoms with E-state index in [1.54, 1.807) is 18.2 Å². The van der Waals surface area contributed by atoms with Crippen LogP contribution in [0.15, 0.2) is 46.4 Å². The van der Waals surface area contributed by atoms with E-state index in [1.165, 1.54) is 18.2 Å². The van der Waals surface area contributed by atoms with Crippen LogP contribution in [-0.4, -0.2) is 11.0 Å². The second-order valence-corrected chi connectivity index (χ2v) is 6.20. The second-order valence-electron chi connectivity index (χ2n) is 4.47. The molecule has 2 aromatic rings. The monoisotopic (exact) mass is 410 g/mol. The third kappa shape index (κ3) is 4.49. The summed E-state index contributed by atoms with van der Waals surface area (Å²) in [5.41, 5.74) is 0.855. The number of carbonyl (C=O) groups is 1. The van der Waals surface area contributed by atoms with E-state index in [1.807, 2.05) is 12.1 Å². The van der Waals surface area contributed by atoms with Gasteiger partial charge in [-0.05, 0) is 42.0 Å². The number of hydrogen-bond acceptors (Lipinski definition) is 3. The summed E-state index contributed by atoms with van der Waals surface area (Å²) in [6, 6.07) is 11.6. The molecule has 0 unspecified atom stereocenters. The molecule has 7 heteroatoms. The maximum Gasteiger partial charge on any atom is 0.266 e. The Labute approximate surface area is 151 Å². The van der Waals surface area contributed by atoms with Crippen molar-refractivity contribution in [3.05, 3.63) is 62.1 Å². The normalized spacial score (nSPS) is 11.0. The SMILES string of the molecule is N#C/C(=C/c1cc(Cl)c(O)c(Cl)c1)C(=O)Nc1cccc(Br)c1. The van der Waals surface area contributed by atoms with E-state index < -0.39 is 5.91 Å². The zero-order valence-electron chi connectivity index (χ0n) is 11.5.